The molecule has 2 rings (SSSR count). The molecule has 1 N–H and O–H groups in total. The van der Waals surface area contributed by atoms with E-state index in [-0.39, 0.29) is 16.8 Å². The van der Waals surface area contributed by atoms with E-state index in [1.807, 2.05) is 6.92 Å². The van der Waals surface area contributed by atoms with Crippen molar-refractivity contribution < 1.29 is 14.6 Å². The third-order valence-electron chi connectivity index (χ3n) is 3.22. The number of carbonyl (C=O) groups is 1. The average Bonchev–Trinajstić information content (AvgIpc) is 2.97. The van der Waals surface area contributed by atoms with Gasteiger partial charge in [-0.05, 0) is 13.8 Å². The number of nitro benzene ring substituents is 2. The Morgan fingerprint density at radius 1 is 1.26 bits per heavy atom. The molecule has 0 atom stereocenters. The van der Waals surface area contributed by atoms with Gasteiger partial charge in [0.2, 0.25) is 0 Å². The van der Waals surface area contributed by atoms with E-state index in [2.05, 4.69) is 10.4 Å². The van der Waals surface area contributed by atoms with Gasteiger partial charge in [0.25, 0.3) is 17.3 Å². The van der Waals surface area contributed by atoms with Crippen molar-refractivity contribution in [1.82, 2.24) is 9.78 Å². The molecular weight excluding hydrogens is 306 g/mol. The monoisotopic (exact) mass is 319 g/mol. The van der Waals surface area contributed by atoms with E-state index in [4.69, 9.17) is 0 Å². The summed E-state index contributed by atoms with van der Waals surface area (Å²) in [6.07, 6.45) is 2.85. The highest BCUT2D eigenvalue weighted by Crippen LogP contribution is 2.31. The van der Waals surface area contributed by atoms with Crippen LogP contribution in [0.15, 0.2) is 24.5 Å². The van der Waals surface area contributed by atoms with E-state index in [0.717, 1.165) is 12.1 Å². The number of hydrogen-bond acceptors (Lipinski definition) is 6. The summed E-state index contributed by atoms with van der Waals surface area (Å²) in [7, 11) is 0. The number of hydrogen-bond donors (Lipinski definition) is 1. The number of nitrogens with one attached hydrogen (secondary N) is 1. The zero-order chi connectivity index (χ0) is 17.1. The number of nitrogens with zero attached hydrogens (tertiary/aromatic N) is 4. The molecule has 120 valence electrons. The maximum atomic E-state index is 12.1. The molecule has 2 aromatic rings. The molecule has 0 aliphatic carbocycles. The van der Waals surface area contributed by atoms with Crippen molar-refractivity contribution in [3.8, 4) is 0 Å². The number of rotatable bonds is 5. The first-order valence-electron chi connectivity index (χ1n) is 6.60. The number of amides is 1. The van der Waals surface area contributed by atoms with Gasteiger partial charge in [0, 0.05) is 24.9 Å². The van der Waals surface area contributed by atoms with Crippen LogP contribution in [0.3, 0.4) is 0 Å². The Bertz CT molecular complexity index is 763. The SMILES string of the molecule is CCn1cc(C(=O)Nc2cc([N+](=O)[O-])c(C)c([N+](=O)[O-])c2)cn1. The Morgan fingerprint density at radius 3 is 2.26 bits per heavy atom. The summed E-state index contributed by atoms with van der Waals surface area (Å²) in [6.45, 7) is 3.71. The van der Waals surface area contributed by atoms with Crippen LogP contribution in [0.1, 0.15) is 22.8 Å². The second-order valence-corrected chi connectivity index (χ2v) is 4.69. The molecule has 0 aliphatic heterocycles. The van der Waals surface area contributed by atoms with E-state index < -0.39 is 27.1 Å². The molecule has 1 aromatic heterocycles. The summed E-state index contributed by atoms with van der Waals surface area (Å²) in [5, 5.41) is 28.4. The smallest absolute Gasteiger partial charge is 0.281 e. The minimum Gasteiger partial charge on any atom is -0.321 e. The predicted octanol–water partition coefficient (Wildman–Crippen LogP) is 2.28. The standard InChI is InChI=1S/C13H13N5O5/c1-3-16-7-9(6-14-16)13(19)15-10-4-11(17(20)21)8(2)12(5-10)18(22)23/h4-7H,3H2,1-2H3,(H,15,19). The average molecular weight is 319 g/mol. The normalized spacial score (nSPS) is 10.3. The van der Waals surface area contributed by atoms with Gasteiger partial charge < -0.3 is 5.32 Å². The molecule has 0 unspecified atom stereocenters. The Balaban J connectivity index is 2.37. The van der Waals surface area contributed by atoms with Gasteiger partial charge >= 0.3 is 0 Å². The highest BCUT2D eigenvalue weighted by atomic mass is 16.6. The minimum atomic E-state index is -0.729. The molecule has 1 aromatic carbocycles. The quantitative estimate of drug-likeness (QED) is 0.663. The van der Waals surface area contributed by atoms with Crippen LogP contribution in [0, 0.1) is 27.2 Å². The molecule has 0 aliphatic rings. The first-order chi connectivity index (χ1) is 10.8. The Labute approximate surface area is 130 Å². The molecule has 23 heavy (non-hydrogen) atoms. The van der Waals surface area contributed by atoms with Gasteiger partial charge in [0.1, 0.15) is 5.56 Å². The van der Waals surface area contributed by atoms with Crippen molar-refractivity contribution in [3.05, 3.63) is 55.9 Å². The van der Waals surface area contributed by atoms with Crippen molar-refractivity contribution in [2.24, 2.45) is 0 Å². The molecule has 0 saturated heterocycles. The van der Waals surface area contributed by atoms with Gasteiger partial charge in [-0.1, -0.05) is 0 Å². The maximum absolute atomic E-state index is 12.1. The van der Waals surface area contributed by atoms with Gasteiger partial charge in [0.15, 0.2) is 0 Å². The zero-order valence-corrected chi connectivity index (χ0v) is 12.3. The summed E-state index contributed by atoms with van der Waals surface area (Å²) in [5.41, 5.74) is -0.713. The number of aryl methyl sites for hydroxylation is 1. The van der Waals surface area contributed by atoms with E-state index in [0.29, 0.717) is 6.54 Å². The molecule has 1 amide bonds. The van der Waals surface area contributed by atoms with Crippen LogP contribution < -0.4 is 5.32 Å². The number of anilines is 1. The number of nitro groups is 2. The lowest BCUT2D eigenvalue weighted by molar-refractivity contribution is -0.395. The Kier molecular flexibility index (Phi) is 4.35. The fourth-order valence-electron chi connectivity index (χ4n) is 1.99. The Hall–Kier alpha value is -3.30. The summed E-state index contributed by atoms with van der Waals surface area (Å²) in [6, 6.07) is 2.18. The van der Waals surface area contributed by atoms with E-state index in [1.54, 1.807) is 0 Å². The number of carbonyl (C=O) groups excluding carboxylic acids is 1. The molecule has 1 heterocycles. The van der Waals surface area contributed by atoms with Crippen molar-refractivity contribution in [2.45, 2.75) is 20.4 Å². The highest BCUT2D eigenvalue weighted by Gasteiger charge is 2.24. The van der Waals surface area contributed by atoms with Gasteiger partial charge in [-0.2, -0.15) is 5.10 Å². The molecule has 0 radical (unpaired) electrons. The van der Waals surface area contributed by atoms with Crippen LogP contribution in [0.4, 0.5) is 17.1 Å². The fourth-order valence-corrected chi connectivity index (χ4v) is 1.99. The van der Waals surface area contributed by atoms with Gasteiger partial charge in [0.05, 0.1) is 27.3 Å². The molecule has 0 saturated carbocycles. The van der Waals surface area contributed by atoms with Gasteiger partial charge in [-0.15, -0.1) is 0 Å². The van der Waals surface area contributed by atoms with Crippen molar-refractivity contribution in [3.63, 3.8) is 0 Å². The number of benzene rings is 1. The van der Waals surface area contributed by atoms with E-state index in [9.17, 15) is 25.0 Å². The van der Waals surface area contributed by atoms with Crippen LogP contribution in [0.2, 0.25) is 0 Å². The molecule has 0 spiro atoms. The van der Waals surface area contributed by atoms with Gasteiger partial charge in [-0.3, -0.25) is 29.7 Å². The molecule has 10 heteroatoms. The maximum Gasteiger partial charge on any atom is 0.281 e. The summed E-state index contributed by atoms with van der Waals surface area (Å²) < 4.78 is 1.54. The third kappa shape index (κ3) is 3.31. The van der Waals surface area contributed by atoms with Crippen LogP contribution in [0.5, 0.6) is 0 Å². The summed E-state index contributed by atoms with van der Waals surface area (Å²) >= 11 is 0. The lowest BCUT2D eigenvalue weighted by Gasteiger charge is -2.06. The van der Waals surface area contributed by atoms with Crippen molar-refractivity contribution >= 4 is 23.0 Å². The van der Waals surface area contributed by atoms with E-state index >= 15 is 0 Å². The molecular formula is C13H13N5O5. The fraction of sp³-hybridized carbons (Fsp3) is 0.231. The Morgan fingerprint density at radius 2 is 1.83 bits per heavy atom. The van der Waals surface area contributed by atoms with Crippen molar-refractivity contribution in [2.75, 3.05) is 5.32 Å². The van der Waals surface area contributed by atoms with Crippen LogP contribution in [-0.4, -0.2) is 25.5 Å². The van der Waals surface area contributed by atoms with E-state index in [1.165, 1.54) is 24.0 Å². The molecule has 0 fully saturated rings. The second-order valence-electron chi connectivity index (χ2n) is 4.69. The first-order valence-corrected chi connectivity index (χ1v) is 6.60. The van der Waals surface area contributed by atoms with Crippen LogP contribution in [-0.2, 0) is 6.54 Å². The topological polar surface area (TPSA) is 133 Å². The lowest BCUT2D eigenvalue weighted by Crippen LogP contribution is -2.12. The zero-order valence-electron chi connectivity index (χ0n) is 12.3. The third-order valence-corrected chi connectivity index (χ3v) is 3.22. The summed E-state index contributed by atoms with van der Waals surface area (Å²) in [4.78, 5) is 32.6. The predicted molar refractivity (Wildman–Crippen MR) is 80.3 cm³/mol. The van der Waals surface area contributed by atoms with Crippen LogP contribution in [0.25, 0.3) is 0 Å². The van der Waals surface area contributed by atoms with Gasteiger partial charge in [-0.25, -0.2) is 0 Å². The second kappa shape index (κ2) is 6.22. The minimum absolute atomic E-state index is 0.0248. The summed E-state index contributed by atoms with van der Waals surface area (Å²) in [5.74, 6) is -0.558. The lowest BCUT2D eigenvalue weighted by atomic mass is 10.1. The largest absolute Gasteiger partial charge is 0.321 e. The number of aromatic nitrogens is 2. The first kappa shape index (κ1) is 16.1. The van der Waals surface area contributed by atoms with Crippen molar-refractivity contribution in [1.29, 1.82) is 0 Å². The van der Waals surface area contributed by atoms with Crippen LogP contribution >= 0.6 is 0 Å². The molecule has 0 bridgehead atoms. The molecule has 10 nitrogen and oxygen atoms in total. The highest BCUT2D eigenvalue weighted by molar-refractivity contribution is 6.04.